The molecule has 0 aliphatic heterocycles. The fraction of sp³-hybridized carbons (Fsp3) is 0.684. The predicted octanol–water partition coefficient (Wildman–Crippen LogP) is 4.78. The van der Waals surface area contributed by atoms with Gasteiger partial charge in [0.15, 0.2) is 0 Å². The lowest BCUT2D eigenvalue weighted by Gasteiger charge is -2.29. The van der Waals surface area contributed by atoms with Crippen molar-refractivity contribution >= 4 is 0 Å². The van der Waals surface area contributed by atoms with Crippen LogP contribution < -0.4 is 10.1 Å². The van der Waals surface area contributed by atoms with Gasteiger partial charge in [-0.1, -0.05) is 45.7 Å². The molecule has 118 valence electrons. The molecular weight excluding hydrogens is 258 g/mol. The van der Waals surface area contributed by atoms with Crippen molar-refractivity contribution in [1.29, 1.82) is 0 Å². The number of hydrogen-bond donors (Lipinski definition) is 1. The molecule has 0 heterocycles. The molecule has 0 spiro atoms. The van der Waals surface area contributed by atoms with E-state index in [4.69, 9.17) is 4.74 Å². The summed E-state index contributed by atoms with van der Waals surface area (Å²) in [5.74, 6) is 2.51. The van der Waals surface area contributed by atoms with E-state index < -0.39 is 0 Å². The van der Waals surface area contributed by atoms with E-state index in [1.807, 2.05) is 0 Å². The summed E-state index contributed by atoms with van der Waals surface area (Å²) in [4.78, 5) is 0. The maximum atomic E-state index is 5.76. The van der Waals surface area contributed by atoms with Crippen molar-refractivity contribution in [3.8, 4) is 5.75 Å². The van der Waals surface area contributed by atoms with Crippen LogP contribution in [0.3, 0.4) is 0 Å². The van der Waals surface area contributed by atoms with E-state index in [-0.39, 0.29) is 0 Å². The zero-order valence-electron chi connectivity index (χ0n) is 13.9. The van der Waals surface area contributed by atoms with Crippen LogP contribution in [0.1, 0.15) is 58.4 Å². The van der Waals surface area contributed by atoms with Gasteiger partial charge >= 0.3 is 0 Å². The minimum Gasteiger partial charge on any atom is -0.494 e. The van der Waals surface area contributed by atoms with Gasteiger partial charge in [-0.3, -0.25) is 0 Å². The normalized spacial score (nSPS) is 22.5. The third kappa shape index (κ3) is 5.70. The van der Waals surface area contributed by atoms with Gasteiger partial charge in [0, 0.05) is 12.6 Å². The highest BCUT2D eigenvalue weighted by atomic mass is 16.5. The monoisotopic (exact) mass is 289 g/mol. The summed E-state index contributed by atoms with van der Waals surface area (Å²) in [6.45, 7) is 8.62. The SMILES string of the molecule is CC(C)CCOc1ccc(CNC2CCCCC2C)cc1. The van der Waals surface area contributed by atoms with E-state index in [1.54, 1.807) is 0 Å². The summed E-state index contributed by atoms with van der Waals surface area (Å²) in [5.41, 5.74) is 1.35. The first-order valence-corrected chi connectivity index (χ1v) is 8.60. The van der Waals surface area contributed by atoms with Crippen LogP contribution in [0.15, 0.2) is 24.3 Å². The van der Waals surface area contributed by atoms with Crippen LogP contribution in [0.5, 0.6) is 5.75 Å². The fourth-order valence-corrected chi connectivity index (χ4v) is 2.98. The summed E-state index contributed by atoms with van der Waals surface area (Å²) < 4.78 is 5.76. The molecule has 0 amide bonds. The van der Waals surface area contributed by atoms with Crippen molar-refractivity contribution in [3.63, 3.8) is 0 Å². The number of benzene rings is 1. The zero-order chi connectivity index (χ0) is 15.1. The molecule has 2 nitrogen and oxygen atoms in total. The molecule has 1 aliphatic rings. The van der Waals surface area contributed by atoms with Crippen LogP contribution in [0.25, 0.3) is 0 Å². The molecular formula is C19H31NO. The van der Waals surface area contributed by atoms with Crippen LogP contribution in [0.4, 0.5) is 0 Å². The molecule has 0 radical (unpaired) electrons. The highest BCUT2D eigenvalue weighted by Gasteiger charge is 2.20. The van der Waals surface area contributed by atoms with E-state index in [1.165, 1.54) is 31.2 Å². The van der Waals surface area contributed by atoms with Gasteiger partial charge < -0.3 is 10.1 Å². The Morgan fingerprint density at radius 1 is 1.14 bits per heavy atom. The molecule has 1 aliphatic carbocycles. The van der Waals surface area contributed by atoms with Crippen molar-refractivity contribution < 1.29 is 4.74 Å². The molecule has 1 aromatic rings. The molecule has 2 unspecified atom stereocenters. The van der Waals surface area contributed by atoms with E-state index in [9.17, 15) is 0 Å². The van der Waals surface area contributed by atoms with Crippen molar-refractivity contribution in [2.24, 2.45) is 11.8 Å². The molecule has 1 fully saturated rings. The lowest BCUT2D eigenvalue weighted by Crippen LogP contribution is -2.36. The minimum atomic E-state index is 0.695. The van der Waals surface area contributed by atoms with Gasteiger partial charge in [0.2, 0.25) is 0 Å². The number of hydrogen-bond acceptors (Lipinski definition) is 2. The quantitative estimate of drug-likeness (QED) is 0.780. The molecule has 2 atom stereocenters. The molecule has 0 aromatic heterocycles. The van der Waals surface area contributed by atoms with Gasteiger partial charge in [-0.05, 0) is 48.8 Å². The Morgan fingerprint density at radius 3 is 2.52 bits per heavy atom. The summed E-state index contributed by atoms with van der Waals surface area (Å²) in [7, 11) is 0. The number of ether oxygens (including phenoxy) is 1. The van der Waals surface area contributed by atoms with Crippen molar-refractivity contribution in [2.45, 2.75) is 65.5 Å². The largest absolute Gasteiger partial charge is 0.494 e. The molecule has 1 N–H and O–H groups in total. The van der Waals surface area contributed by atoms with Crippen LogP contribution >= 0.6 is 0 Å². The molecule has 2 rings (SSSR count). The maximum Gasteiger partial charge on any atom is 0.119 e. The standard InChI is InChI=1S/C19H31NO/c1-15(2)12-13-21-18-10-8-17(9-11-18)14-20-19-7-5-4-6-16(19)3/h8-11,15-16,19-20H,4-7,12-14H2,1-3H3. The Labute approximate surface area is 130 Å². The minimum absolute atomic E-state index is 0.695. The second-order valence-electron chi connectivity index (χ2n) is 6.92. The third-order valence-corrected chi connectivity index (χ3v) is 4.57. The van der Waals surface area contributed by atoms with E-state index >= 15 is 0 Å². The second-order valence-corrected chi connectivity index (χ2v) is 6.92. The van der Waals surface area contributed by atoms with Crippen molar-refractivity contribution in [1.82, 2.24) is 5.32 Å². The summed E-state index contributed by atoms with van der Waals surface area (Å²) in [6.07, 6.45) is 6.60. The molecule has 21 heavy (non-hydrogen) atoms. The Kier molecular flexibility index (Phi) is 6.56. The maximum absolute atomic E-state index is 5.76. The van der Waals surface area contributed by atoms with Crippen LogP contribution in [-0.2, 0) is 6.54 Å². The van der Waals surface area contributed by atoms with Crippen molar-refractivity contribution in [3.05, 3.63) is 29.8 Å². The van der Waals surface area contributed by atoms with Crippen LogP contribution in [0.2, 0.25) is 0 Å². The topological polar surface area (TPSA) is 21.3 Å². The van der Waals surface area contributed by atoms with Crippen molar-refractivity contribution in [2.75, 3.05) is 6.61 Å². The molecule has 1 saturated carbocycles. The lowest BCUT2D eigenvalue weighted by molar-refractivity contribution is 0.279. The van der Waals surface area contributed by atoms with Crippen LogP contribution in [-0.4, -0.2) is 12.6 Å². The molecule has 2 heteroatoms. The smallest absolute Gasteiger partial charge is 0.119 e. The highest BCUT2D eigenvalue weighted by Crippen LogP contribution is 2.24. The Morgan fingerprint density at radius 2 is 1.86 bits per heavy atom. The van der Waals surface area contributed by atoms with Gasteiger partial charge in [-0.15, -0.1) is 0 Å². The Bertz CT molecular complexity index is 399. The van der Waals surface area contributed by atoms with Gasteiger partial charge in [-0.25, -0.2) is 0 Å². The Hall–Kier alpha value is -1.02. The molecule has 1 aromatic carbocycles. The first kappa shape index (κ1) is 16.4. The average Bonchev–Trinajstić information content (AvgIpc) is 2.47. The van der Waals surface area contributed by atoms with Crippen LogP contribution in [0, 0.1) is 11.8 Å². The van der Waals surface area contributed by atoms with Gasteiger partial charge in [0.25, 0.3) is 0 Å². The fourth-order valence-electron chi connectivity index (χ4n) is 2.98. The summed E-state index contributed by atoms with van der Waals surface area (Å²) >= 11 is 0. The van der Waals surface area contributed by atoms with Gasteiger partial charge in [0.1, 0.15) is 5.75 Å². The second kappa shape index (κ2) is 8.43. The average molecular weight is 289 g/mol. The predicted molar refractivity (Wildman–Crippen MR) is 89.7 cm³/mol. The zero-order valence-corrected chi connectivity index (χ0v) is 13.9. The van der Waals surface area contributed by atoms with E-state index in [0.717, 1.165) is 31.2 Å². The molecule has 0 bridgehead atoms. The molecule has 0 saturated heterocycles. The van der Waals surface area contributed by atoms with Gasteiger partial charge in [0.05, 0.1) is 6.61 Å². The first-order valence-electron chi connectivity index (χ1n) is 8.60. The number of nitrogens with one attached hydrogen (secondary N) is 1. The summed E-state index contributed by atoms with van der Waals surface area (Å²) in [6, 6.07) is 9.26. The first-order chi connectivity index (χ1) is 10.1. The van der Waals surface area contributed by atoms with Gasteiger partial charge in [-0.2, -0.15) is 0 Å². The Balaban J connectivity index is 1.74. The lowest BCUT2D eigenvalue weighted by atomic mass is 9.86. The summed E-state index contributed by atoms with van der Waals surface area (Å²) in [5, 5.41) is 3.72. The third-order valence-electron chi connectivity index (χ3n) is 4.57. The highest BCUT2D eigenvalue weighted by molar-refractivity contribution is 5.27. The van der Waals surface area contributed by atoms with E-state index in [2.05, 4.69) is 50.4 Å². The number of rotatable bonds is 7. The van der Waals surface area contributed by atoms with E-state index in [0.29, 0.717) is 12.0 Å².